The lowest BCUT2D eigenvalue weighted by molar-refractivity contribution is 0.0996. The first-order valence-electron chi connectivity index (χ1n) is 6.26. The molecule has 2 saturated heterocycles. The Hall–Kier alpha value is -1.42. The van der Waals surface area contributed by atoms with E-state index in [-0.39, 0.29) is 23.1 Å². The predicted octanol–water partition coefficient (Wildman–Crippen LogP) is 1.16. The number of nitrogens with zero attached hydrogens (tertiary/aromatic N) is 1. The molecule has 3 rings (SSSR count). The molecule has 0 aliphatic carbocycles. The molecule has 2 fully saturated rings. The maximum atomic E-state index is 12.3. The van der Waals surface area contributed by atoms with E-state index >= 15 is 0 Å². The largest absolute Gasteiger partial charge is 0.373 e. The number of rotatable bonds is 3. The summed E-state index contributed by atoms with van der Waals surface area (Å²) in [4.78, 5) is 0.134. The Kier molecular flexibility index (Phi) is 3.05. The molecule has 0 saturated carbocycles. The van der Waals surface area contributed by atoms with Crippen LogP contribution in [0.15, 0.2) is 29.2 Å². The van der Waals surface area contributed by atoms with Gasteiger partial charge in [0, 0.05) is 0 Å². The van der Waals surface area contributed by atoms with Gasteiger partial charge in [-0.15, -0.1) is 0 Å². The van der Waals surface area contributed by atoms with Gasteiger partial charge in [-0.05, 0) is 37.5 Å². The summed E-state index contributed by atoms with van der Waals surface area (Å²) in [5, 5.41) is 8.81. The van der Waals surface area contributed by atoms with Crippen molar-refractivity contribution in [1.82, 2.24) is 4.72 Å². The molecule has 0 aromatic heterocycles. The van der Waals surface area contributed by atoms with E-state index in [0.29, 0.717) is 5.56 Å². The smallest absolute Gasteiger partial charge is 0.240 e. The maximum absolute atomic E-state index is 12.3. The highest BCUT2D eigenvalue weighted by atomic mass is 32.2. The van der Waals surface area contributed by atoms with Crippen LogP contribution in [0.5, 0.6) is 0 Å². The quantitative estimate of drug-likeness (QED) is 0.899. The highest BCUT2D eigenvalue weighted by molar-refractivity contribution is 7.89. The zero-order valence-electron chi connectivity index (χ0n) is 10.2. The van der Waals surface area contributed by atoms with Crippen molar-refractivity contribution in [3.05, 3.63) is 29.8 Å². The fraction of sp³-hybridized carbons (Fsp3) is 0.462. The van der Waals surface area contributed by atoms with E-state index < -0.39 is 10.0 Å². The van der Waals surface area contributed by atoms with Gasteiger partial charge in [-0.1, -0.05) is 6.07 Å². The van der Waals surface area contributed by atoms with Crippen molar-refractivity contribution in [2.45, 2.75) is 42.4 Å². The third-order valence-corrected chi connectivity index (χ3v) is 5.17. The summed E-state index contributed by atoms with van der Waals surface area (Å²) in [5.74, 6) is 0. The fourth-order valence-corrected chi connectivity index (χ4v) is 4.08. The summed E-state index contributed by atoms with van der Waals surface area (Å²) in [6.45, 7) is 0. The van der Waals surface area contributed by atoms with Crippen molar-refractivity contribution in [2.75, 3.05) is 0 Å². The number of sulfonamides is 1. The molecule has 2 aliphatic heterocycles. The van der Waals surface area contributed by atoms with Crippen LogP contribution in [-0.2, 0) is 14.8 Å². The van der Waals surface area contributed by atoms with Gasteiger partial charge < -0.3 is 4.74 Å². The Balaban J connectivity index is 1.81. The highest BCUT2D eigenvalue weighted by Gasteiger charge is 2.42. The van der Waals surface area contributed by atoms with Crippen LogP contribution in [0.2, 0.25) is 0 Å². The monoisotopic (exact) mass is 278 g/mol. The molecule has 2 heterocycles. The van der Waals surface area contributed by atoms with Gasteiger partial charge in [0.15, 0.2) is 0 Å². The van der Waals surface area contributed by atoms with Crippen LogP contribution < -0.4 is 4.72 Å². The van der Waals surface area contributed by atoms with Crippen molar-refractivity contribution >= 4 is 10.0 Å². The molecular formula is C13H14N2O3S. The average Bonchev–Trinajstić information content (AvgIpc) is 3.00. The topological polar surface area (TPSA) is 79.2 Å². The summed E-state index contributed by atoms with van der Waals surface area (Å²) >= 11 is 0. The molecule has 5 nitrogen and oxygen atoms in total. The van der Waals surface area contributed by atoms with Crippen LogP contribution in [0, 0.1) is 11.3 Å². The lowest BCUT2D eigenvalue weighted by Gasteiger charge is -2.19. The predicted molar refractivity (Wildman–Crippen MR) is 67.8 cm³/mol. The molecule has 0 spiro atoms. The highest BCUT2D eigenvalue weighted by Crippen LogP contribution is 2.35. The number of benzene rings is 1. The molecule has 1 aromatic rings. The molecule has 2 aliphatic rings. The van der Waals surface area contributed by atoms with Crippen LogP contribution in [0.25, 0.3) is 0 Å². The van der Waals surface area contributed by atoms with E-state index in [1.54, 1.807) is 12.1 Å². The second-order valence-corrected chi connectivity index (χ2v) is 6.69. The Labute approximate surface area is 112 Å². The van der Waals surface area contributed by atoms with E-state index in [0.717, 1.165) is 19.3 Å². The lowest BCUT2D eigenvalue weighted by atomic mass is 9.96. The van der Waals surface area contributed by atoms with Crippen LogP contribution in [0.3, 0.4) is 0 Å². The standard InChI is InChI=1S/C13H14N2O3S/c14-8-9-2-1-3-11(6-9)19(16,17)15-12-7-10-4-5-13(12)18-10/h1-3,6,10,12-13,15H,4-5,7H2. The van der Waals surface area contributed by atoms with Gasteiger partial charge in [0.2, 0.25) is 10.0 Å². The van der Waals surface area contributed by atoms with Gasteiger partial charge in [0.25, 0.3) is 0 Å². The molecule has 3 atom stereocenters. The number of nitriles is 1. The van der Waals surface area contributed by atoms with Crippen LogP contribution in [-0.4, -0.2) is 26.7 Å². The van der Waals surface area contributed by atoms with Crippen LogP contribution >= 0.6 is 0 Å². The SMILES string of the molecule is N#Cc1cccc(S(=O)(=O)NC2CC3CCC2O3)c1. The lowest BCUT2D eigenvalue weighted by Crippen LogP contribution is -2.41. The van der Waals surface area contributed by atoms with Gasteiger partial charge in [0.1, 0.15) is 0 Å². The first-order chi connectivity index (χ1) is 9.08. The maximum Gasteiger partial charge on any atom is 0.240 e. The molecule has 1 aromatic carbocycles. The minimum Gasteiger partial charge on any atom is -0.373 e. The molecule has 2 bridgehead atoms. The first-order valence-corrected chi connectivity index (χ1v) is 7.75. The average molecular weight is 278 g/mol. The second-order valence-electron chi connectivity index (χ2n) is 4.98. The number of nitrogens with one attached hydrogen (secondary N) is 1. The van der Waals surface area contributed by atoms with Gasteiger partial charge in [-0.3, -0.25) is 0 Å². The van der Waals surface area contributed by atoms with Gasteiger partial charge in [-0.2, -0.15) is 5.26 Å². The molecule has 19 heavy (non-hydrogen) atoms. The minimum atomic E-state index is -3.58. The summed E-state index contributed by atoms with van der Waals surface area (Å²) in [5.41, 5.74) is 0.340. The summed E-state index contributed by atoms with van der Waals surface area (Å²) in [6, 6.07) is 7.84. The van der Waals surface area contributed by atoms with Gasteiger partial charge >= 0.3 is 0 Å². The number of hydrogen-bond donors (Lipinski definition) is 1. The molecule has 0 amide bonds. The van der Waals surface area contributed by atoms with Crippen molar-refractivity contribution in [2.24, 2.45) is 0 Å². The minimum absolute atomic E-state index is 0.000996. The normalized spacial score (nSPS) is 29.3. The Morgan fingerprint density at radius 3 is 2.84 bits per heavy atom. The number of ether oxygens (including phenoxy) is 1. The fourth-order valence-electron chi connectivity index (χ4n) is 2.76. The van der Waals surface area contributed by atoms with E-state index in [9.17, 15) is 8.42 Å². The molecule has 0 radical (unpaired) electrons. The third-order valence-electron chi connectivity index (χ3n) is 3.69. The Morgan fingerprint density at radius 2 is 2.21 bits per heavy atom. The van der Waals surface area contributed by atoms with Crippen molar-refractivity contribution in [3.63, 3.8) is 0 Å². The van der Waals surface area contributed by atoms with Gasteiger partial charge in [-0.25, -0.2) is 13.1 Å². The summed E-state index contributed by atoms with van der Waals surface area (Å²) in [6.07, 6.45) is 2.87. The zero-order valence-corrected chi connectivity index (χ0v) is 11.1. The first kappa shape index (κ1) is 12.6. The van der Waals surface area contributed by atoms with E-state index in [4.69, 9.17) is 10.00 Å². The third kappa shape index (κ3) is 2.37. The van der Waals surface area contributed by atoms with Crippen molar-refractivity contribution < 1.29 is 13.2 Å². The molecule has 100 valence electrons. The van der Waals surface area contributed by atoms with Crippen molar-refractivity contribution in [1.29, 1.82) is 5.26 Å². The van der Waals surface area contributed by atoms with Crippen molar-refractivity contribution in [3.8, 4) is 6.07 Å². The number of hydrogen-bond acceptors (Lipinski definition) is 4. The molecule has 1 N–H and O–H groups in total. The molecular weight excluding hydrogens is 264 g/mol. The Bertz CT molecular complexity index is 636. The zero-order chi connectivity index (χ0) is 13.5. The molecule has 6 heteroatoms. The summed E-state index contributed by atoms with van der Waals surface area (Å²) in [7, 11) is -3.58. The molecule has 3 unspecified atom stereocenters. The summed E-state index contributed by atoms with van der Waals surface area (Å²) < 4.78 is 32.8. The second kappa shape index (κ2) is 4.60. The Morgan fingerprint density at radius 1 is 1.37 bits per heavy atom. The van der Waals surface area contributed by atoms with E-state index in [1.807, 2.05) is 6.07 Å². The number of fused-ring (bicyclic) bond motifs is 2. The van der Waals surface area contributed by atoms with Gasteiger partial charge in [0.05, 0.1) is 34.8 Å². The van der Waals surface area contributed by atoms with E-state index in [1.165, 1.54) is 12.1 Å². The van der Waals surface area contributed by atoms with Crippen LogP contribution in [0.4, 0.5) is 0 Å². The van der Waals surface area contributed by atoms with E-state index in [2.05, 4.69) is 4.72 Å². The van der Waals surface area contributed by atoms with Crippen LogP contribution in [0.1, 0.15) is 24.8 Å².